The number of nitrogens with zero attached hydrogens (tertiary/aromatic N) is 2. The molecule has 2 N–H and O–H groups in total. The van der Waals surface area contributed by atoms with E-state index < -0.39 is 0 Å². The van der Waals surface area contributed by atoms with E-state index in [1.54, 1.807) is 11.7 Å². The van der Waals surface area contributed by atoms with Gasteiger partial charge in [-0.1, -0.05) is 61.4 Å². The molecular weight excluding hydrogens is 520 g/mol. The van der Waals surface area contributed by atoms with Gasteiger partial charge in [-0.2, -0.15) is 0 Å². The predicted octanol–water partition coefficient (Wildman–Crippen LogP) is 7.39. The molecule has 0 aliphatic heterocycles. The molecule has 0 aliphatic rings. The van der Waals surface area contributed by atoms with E-state index in [0.717, 1.165) is 35.9 Å². The third-order valence-electron chi connectivity index (χ3n) is 6.83. The lowest BCUT2D eigenvalue weighted by Gasteiger charge is -2.16. The maximum Gasteiger partial charge on any atom is 0.263 e. The number of H-pyrrole nitrogens is 1. The van der Waals surface area contributed by atoms with Crippen LogP contribution in [0.4, 0.5) is 0 Å². The van der Waals surface area contributed by atoms with Crippen LogP contribution >= 0.6 is 11.3 Å². The molecule has 5 rings (SSSR count). The smallest absolute Gasteiger partial charge is 0.263 e. The Hall–Kier alpha value is -4.30. The maximum absolute atomic E-state index is 12.9. The summed E-state index contributed by atoms with van der Waals surface area (Å²) in [6, 6.07) is 21.7. The molecule has 7 nitrogen and oxygen atoms in total. The fraction of sp³-hybridized carbons (Fsp3) is 0.250. The Morgan fingerprint density at radius 1 is 0.975 bits per heavy atom. The molecule has 0 radical (unpaired) electrons. The first-order chi connectivity index (χ1) is 19.6. The van der Waals surface area contributed by atoms with E-state index in [1.807, 2.05) is 49.5 Å². The van der Waals surface area contributed by atoms with E-state index >= 15 is 0 Å². The van der Waals surface area contributed by atoms with Crippen molar-refractivity contribution in [3.8, 4) is 17.0 Å². The summed E-state index contributed by atoms with van der Waals surface area (Å²) in [7, 11) is 0. The largest absolute Gasteiger partial charge is 0.493 e. The Bertz CT molecular complexity index is 1580. The van der Waals surface area contributed by atoms with Crippen LogP contribution in [0.2, 0.25) is 0 Å². The number of aromatic nitrogens is 3. The standard InChI is InChI=1S/C32H32N4O3S/c1-2-39-29-15-9-8-12-25(29)28(37)14-5-3-4-13-26(36-32(38)30-20-33-21-40-30)31-34-19-27(35-31)24-17-16-22-10-6-7-11-23(22)18-24/h6-12,15-21,26H,2-5,13-14H2,1H3,(H,34,35)(H,36,38)/t26-/m0/s1. The molecule has 1 amide bonds. The molecule has 0 saturated carbocycles. The molecule has 8 heteroatoms. The second kappa shape index (κ2) is 13.2. The monoisotopic (exact) mass is 552 g/mol. The van der Waals surface area contributed by atoms with Crippen molar-refractivity contribution in [2.24, 2.45) is 0 Å². The van der Waals surface area contributed by atoms with Crippen LogP contribution < -0.4 is 10.1 Å². The zero-order chi connectivity index (χ0) is 27.7. The van der Waals surface area contributed by atoms with Gasteiger partial charge in [-0.25, -0.2) is 4.98 Å². The summed E-state index contributed by atoms with van der Waals surface area (Å²) in [4.78, 5) is 38.4. The Kier molecular flexibility index (Phi) is 8.98. The molecule has 0 unspecified atom stereocenters. The second-order valence-corrected chi connectivity index (χ2v) is 10.5. The number of ether oxygens (including phenoxy) is 1. The van der Waals surface area contributed by atoms with Crippen LogP contribution in [0, 0.1) is 0 Å². The molecule has 0 saturated heterocycles. The highest BCUT2D eigenvalue weighted by Gasteiger charge is 2.20. The lowest BCUT2D eigenvalue weighted by Crippen LogP contribution is -2.28. The minimum absolute atomic E-state index is 0.0881. The predicted molar refractivity (Wildman–Crippen MR) is 159 cm³/mol. The van der Waals surface area contributed by atoms with Crippen LogP contribution in [0.25, 0.3) is 22.0 Å². The van der Waals surface area contributed by atoms with Gasteiger partial charge in [-0.05, 0) is 48.7 Å². The summed E-state index contributed by atoms with van der Waals surface area (Å²) >= 11 is 1.31. The van der Waals surface area contributed by atoms with Crippen molar-refractivity contribution in [2.45, 2.75) is 45.1 Å². The Morgan fingerprint density at radius 3 is 2.62 bits per heavy atom. The summed E-state index contributed by atoms with van der Waals surface area (Å²) in [6.07, 6.45) is 6.99. The van der Waals surface area contributed by atoms with Crippen LogP contribution in [-0.2, 0) is 0 Å². The highest BCUT2D eigenvalue weighted by atomic mass is 32.1. The van der Waals surface area contributed by atoms with Gasteiger partial charge in [0, 0.05) is 12.0 Å². The van der Waals surface area contributed by atoms with Crippen LogP contribution in [0.1, 0.15) is 70.9 Å². The molecule has 0 fully saturated rings. The number of rotatable bonds is 13. The molecule has 0 spiro atoms. The zero-order valence-electron chi connectivity index (χ0n) is 22.4. The van der Waals surface area contributed by atoms with E-state index in [0.29, 0.717) is 41.5 Å². The van der Waals surface area contributed by atoms with Gasteiger partial charge < -0.3 is 15.0 Å². The Morgan fingerprint density at radius 2 is 1.80 bits per heavy atom. The Balaban J connectivity index is 1.23. The van der Waals surface area contributed by atoms with Crippen molar-refractivity contribution >= 4 is 33.8 Å². The minimum atomic E-state index is -0.293. The molecule has 40 heavy (non-hydrogen) atoms. The van der Waals surface area contributed by atoms with Gasteiger partial charge in [-0.15, -0.1) is 11.3 Å². The maximum atomic E-state index is 12.9. The lowest BCUT2D eigenvalue weighted by atomic mass is 10.0. The van der Waals surface area contributed by atoms with Gasteiger partial charge in [0.2, 0.25) is 0 Å². The number of amides is 1. The number of unbranched alkanes of at least 4 members (excludes halogenated alkanes) is 2. The summed E-state index contributed by atoms with van der Waals surface area (Å²) in [5, 5.41) is 5.47. The number of para-hydroxylation sites is 1. The normalized spacial score (nSPS) is 11.8. The van der Waals surface area contributed by atoms with Gasteiger partial charge in [-0.3, -0.25) is 14.6 Å². The van der Waals surface area contributed by atoms with Crippen molar-refractivity contribution in [1.82, 2.24) is 20.3 Å². The van der Waals surface area contributed by atoms with Crippen LogP contribution in [0.5, 0.6) is 5.75 Å². The summed E-state index contributed by atoms with van der Waals surface area (Å²) < 4.78 is 5.61. The van der Waals surface area contributed by atoms with Crippen LogP contribution in [0.3, 0.4) is 0 Å². The molecule has 3 aromatic carbocycles. The van der Waals surface area contributed by atoms with E-state index in [9.17, 15) is 9.59 Å². The molecule has 0 aliphatic carbocycles. The van der Waals surface area contributed by atoms with Crippen LogP contribution in [-0.4, -0.2) is 33.2 Å². The van der Waals surface area contributed by atoms with E-state index in [1.165, 1.54) is 16.7 Å². The Labute approximate surface area is 237 Å². The van der Waals surface area contributed by atoms with E-state index in [2.05, 4.69) is 50.6 Å². The number of benzene rings is 3. The number of carbonyl (C=O) groups excluding carboxylic acids is 2. The third kappa shape index (κ3) is 6.63. The lowest BCUT2D eigenvalue weighted by molar-refractivity contribution is 0.0935. The first kappa shape index (κ1) is 27.3. The molecule has 1 atom stereocenters. The number of Topliss-reactive ketones (excluding diaryl/α,β-unsaturated/α-hetero) is 1. The van der Waals surface area contributed by atoms with E-state index in [-0.39, 0.29) is 17.7 Å². The SMILES string of the molecule is CCOc1ccccc1C(=O)CCCCC[C@H](NC(=O)c1cncs1)c1ncc(-c2ccc3ccccc3c2)[nH]1. The summed E-state index contributed by atoms with van der Waals surface area (Å²) in [6.45, 7) is 2.43. The van der Waals surface area contributed by atoms with Gasteiger partial charge in [0.15, 0.2) is 5.78 Å². The van der Waals surface area contributed by atoms with Gasteiger partial charge >= 0.3 is 0 Å². The van der Waals surface area contributed by atoms with Crippen molar-refractivity contribution in [3.05, 3.63) is 101 Å². The number of nitrogens with one attached hydrogen (secondary N) is 2. The summed E-state index contributed by atoms with van der Waals surface area (Å²) in [5.41, 5.74) is 4.22. The first-order valence-electron chi connectivity index (χ1n) is 13.6. The number of thiazole rings is 1. The van der Waals surface area contributed by atoms with Gasteiger partial charge in [0.05, 0.1) is 41.8 Å². The highest BCUT2D eigenvalue weighted by molar-refractivity contribution is 7.11. The summed E-state index contributed by atoms with van der Waals surface area (Å²) in [5.74, 6) is 1.27. The van der Waals surface area contributed by atoms with E-state index in [4.69, 9.17) is 4.74 Å². The molecule has 5 aromatic rings. The van der Waals surface area contributed by atoms with Crippen LogP contribution in [0.15, 0.2) is 84.6 Å². The highest BCUT2D eigenvalue weighted by Crippen LogP contribution is 2.27. The first-order valence-corrected chi connectivity index (χ1v) is 14.5. The quantitative estimate of drug-likeness (QED) is 0.117. The number of fused-ring (bicyclic) bond motifs is 1. The number of hydrogen-bond acceptors (Lipinski definition) is 6. The second-order valence-electron chi connectivity index (χ2n) is 9.59. The number of aromatic amines is 1. The molecule has 2 aromatic heterocycles. The average molecular weight is 553 g/mol. The number of carbonyl (C=O) groups is 2. The zero-order valence-corrected chi connectivity index (χ0v) is 23.2. The number of imidazole rings is 1. The van der Waals surface area contributed by atoms with Gasteiger partial charge in [0.25, 0.3) is 5.91 Å². The number of hydrogen-bond donors (Lipinski definition) is 2. The van der Waals surface area contributed by atoms with Crippen molar-refractivity contribution < 1.29 is 14.3 Å². The molecule has 0 bridgehead atoms. The fourth-order valence-electron chi connectivity index (χ4n) is 4.78. The minimum Gasteiger partial charge on any atom is -0.493 e. The van der Waals surface area contributed by atoms with Crippen molar-refractivity contribution in [3.63, 3.8) is 0 Å². The van der Waals surface area contributed by atoms with Crippen molar-refractivity contribution in [1.29, 1.82) is 0 Å². The average Bonchev–Trinajstić information content (AvgIpc) is 3.70. The third-order valence-corrected chi connectivity index (χ3v) is 7.60. The van der Waals surface area contributed by atoms with Gasteiger partial charge in [0.1, 0.15) is 16.5 Å². The fourth-order valence-corrected chi connectivity index (χ4v) is 5.30. The number of ketones is 1. The topological polar surface area (TPSA) is 97.0 Å². The molecular formula is C32H32N4O3S. The van der Waals surface area contributed by atoms with Crippen molar-refractivity contribution in [2.75, 3.05) is 6.61 Å². The molecule has 204 valence electrons. The molecule has 2 heterocycles.